The number of fused-ring (bicyclic) bond motifs is 1. The molecule has 4 rings (SSSR count). The van der Waals surface area contributed by atoms with Gasteiger partial charge in [-0.2, -0.15) is 0 Å². The summed E-state index contributed by atoms with van der Waals surface area (Å²) in [4.78, 5) is 5.67. The number of hydrogen-bond acceptors (Lipinski definition) is 3. The van der Waals surface area contributed by atoms with E-state index in [1.54, 1.807) is 11.3 Å². The van der Waals surface area contributed by atoms with Crippen molar-refractivity contribution in [2.75, 3.05) is 5.73 Å². The second-order valence-electron chi connectivity index (χ2n) is 5.49. The average molecular weight is 340 g/mol. The summed E-state index contributed by atoms with van der Waals surface area (Å²) in [7, 11) is 0. The van der Waals surface area contributed by atoms with E-state index in [9.17, 15) is 0 Å². The second kappa shape index (κ2) is 5.41. The van der Waals surface area contributed by atoms with Crippen LogP contribution in [0.1, 0.15) is 5.56 Å². The normalized spacial score (nSPS) is 11.2. The van der Waals surface area contributed by atoms with Gasteiger partial charge in [0.05, 0.1) is 11.4 Å². The molecule has 0 saturated carbocycles. The number of thiazole rings is 1. The molecule has 3 nitrogen and oxygen atoms in total. The molecular weight excluding hydrogens is 326 g/mol. The zero-order valence-electron chi connectivity index (χ0n) is 12.5. The van der Waals surface area contributed by atoms with Crippen molar-refractivity contribution < 1.29 is 0 Å². The van der Waals surface area contributed by atoms with Crippen LogP contribution in [-0.2, 0) is 0 Å². The van der Waals surface area contributed by atoms with E-state index in [0.717, 1.165) is 43.7 Å². The largest absolute Gasteiger partial charge is 0.399 e. The van der Waals surface area contributed by atoms with Gasteiger partial charge in [0.25, 0.3) is 0 Å². The Morgan fingerprint density at radius 1 is 1.13 bits per heavy atom. The van der Waals surface area contributed by atoms with Crippen molar-refractivity contribution >= 4 is 33.6 Å². The number of anilines is 1. The van der Waals surface area contributed by atoms with Gasteiger partial charge in [0, 0.05) is 27.9 Å². The molecule has 0 bridgehead atoms. The first-order valence-corrected chi connectivity index (χ1v) is 8.46. The number of nitrogens with zero attached hydrogens (tertiary/aromatic N) is 2. The maximum absolute atomic E-state index is 6.13. The van der Waals surface area contributed by atoms with Gasteiger partial charge >= 0.3 is 0 Å². The topological polar surface area (TPSA) is 43.3 Å². The molecule has 2 aromatic heterocycles. The Kier molecular flexibility index (Phi) is 3.36. The van der Waals surface area contributed by atoms with Crippen LogP contribution in [0.3, 0.4) is 0 Å². The van der Waals surface area contributed by atoms with Gasteiger partial charge in [-0.3, -0.25) is 4.40 Å². The number of halogens is 1. The summed E-state index contributed by atoms with van der Waals surface area (Å²) in [6.07, 6.45) is 2.06. The van der Waals surface area contributed by atoms with Gasteiger partial charge in [-0.25, -0.2) is 4.98 Å². The van der Waals surface area contributed by atoms with Crippen LogP contribution in [0.4, 0.5) is 5.69 Å². The lowest BCUT2D eigenvalue weighted by Crippen LogP contribution is -1.86. The molecule has 0 radical (unpaired) electrons. The van der Waals surface area contributed by atoms with Gasteiger partial charge in [0.2, 0.25) is 0 Å². The lowest BCUT2D eigenvalue weighted by Gasteiger charge is -2.03. The number of nitrogen functional groups attached to an aromatic ring is 1. The second-order valence-corrected chi connectivity index (χ2v) is 6.73. The van der Waals surface area contributed by atoms with Crippen LogP contribution >= 0.6 is 22.9 Å². The van der Waals surface area contributed by atoms with E-state index < -0.39 is 0 Å². The van der Waals surface area contributed by atoms with Gasteiger partial charge in [0.1, 0.15) is 0 Å². The number of imidazole rings is 1. The van der Waals surface area contributed by atoms with E-state index in [-0.39, 0.29) is 0 Å². The zero-order chi connectivity index (χ0) is 16.0. The molecule has 0 aliphatic rings. The molecule has 2 N–H and O–H groups in total. The molecular formula is C18H14ClN3S. The van der Waals surface area contributed by atoms with E-state index in [1.807, 2.05) is 43.3 Å². The van der Waals surface area contributed by atoms with Crippen molar-refractivity contribution in [1.82, 2.24) is 9.38 Å². The van der Waals surface area contributed by atoms with Crippen LogP contribution < -0.4 is 5.73 Å². The van der Waals surface area contributed by atoms with Crippen LogP contribution in [0.5, 0.6) is 0 Å². The lowest BCUT2D eigenvalue weighted by molar-refractivity contribution is 1.23. The standard InChI is InChI=1S/C18H14ClN3S/c1-11-7-13(5-6-15(11)19)17-10-23-18-21-16(9-22(17)18)12-3-2-4-14(20)8-12/h2-10H,20H2,1H3. The molecule has 2 heterocycles. The number of benzene rings is 2. The molecule has 0 amide bonds. The van der Waals surface area contributed by atoms with Crippen molar-refractivity contribution in [2.24, 2.45) is 0 Å². The smallest absolute Gasteiger partial charge is 0.194 e. The number of aryl methyl sites for hydroxylation is 1. The summed E-state index contributed by atoms with van der Waals surface area (Å²) in [5.74, 6) is 0. The Bertz CT molecular complexity index is 1020. The van der Waals surface area contributed by atoms with E-state index >= 15 is 0 Å². The predicted octanol–water partition coefficient (Wildman–Crippen LogP) is 5.27. The van der Waals surface area contributed by atoms with Gasteiger partial charge in [-0.1, -0.05) is 29.8 Å². The van der Waals surface area contributed by atoms with Crippen molar-refractivity contribution in [1.29, 1.82) is 0 Å². The zero-order valence-corrected chi connectivity index (χ0v) is 14.0. The Morgan fingerprint density at radius 2 is 2.00 bits per heavy atom. The Hall–Kier alpha value is -2.30. The third-order valence-corrected chi connectivity index (χ3v) is 5.11. The Morgan fingerprint density at radius 3 is 2.78 bits per heavy atom. The highest BCUT2D eigenvalue weighted by Gasteiger charge is 2.12. The fourth-order valence-corrected chi connectivity index (χ4v) is 3.63. The summed E-state index contributed by atoms with van der Waals surface area (Å²) < 4.78 is 2.12. The van der Waals surface area contributed by atoms with E-state index in [0.29, 0.717) is 0 Å². The number of nitrogens with two attached hydrogens (primary N) is 1. The van der Waals surface area contributed by atoms with Crippen LogP contribution in [0, 0.1) is 6.92 Å². The van der Waals surface area contributed by atoms with Crippen LogP contribution in [0.25, 0.3) is 27.5 Å². The van der Waals surface area contributed by atoms with Gasteiger partial charge in [-0.05, 0) is 42.3 Å². The fraction of sp³-hybridized carbons (Fsp3) is 0.0556. The Labute approximate surface area is 143 Å². The maximum Gasteiger partial charge on any atom is 0.194 e. The van der Waals surface area contributed by atoms with E-state index in [1.165, 1.54) is 0 Å². The monoisotopic (exact) mass is 339 g/mol. The minimum Gasteiger partial charge on any atom is -0.399 e. The minimum absolute atomic E-state index is 0.743. The minimum atomic E-state index is 0.743. The molecule has 2 aromatic carbocycles. The molecule has 0 saturated heterocycles. The number of rotatable bonds is 2. The average Bonchev–Trinajstić information content (AvgIpc) is 3.10. The first-order valence-electron chi connectivity index (χ1n) is 7.21. The predicted molar refractivity (Wildman–Crippen MR) is 98.1 cm³/mol. The quantitative estimate of drug-likeness (QED) is 0.505. The van der Waals surface area contributed by atoms with Crippen molar-refractivity contribution in [3.8, 4) is 22.5 Å². The molecule has 0 aliphatic carbocycles. The summed E-state index contributed by atoms with van der Waals surface area (Å²) in [6, 6.07) is 13.9. The molecule has 5 heteroatoms. The molecule has 0 fully saturated rings. The Balaban J connectivity index is 1.85. The first-order chi connectivity index (χ1) is 11.1. The number of aromatic nitrogens is 2. The van der Waals surface area contributed by atoms with Crippen molar-refractivity contribution in [3.05, 3.63) is 64.6 Å². The highest BCUT2D eigenvalue weighted by molar-refractivity contribution is 7.15. The van der Waals surface area contributed by atoms with Gasteiger partial charge < -0.3 is 5.73 Å². The van der Waals surface area contributed by atoms with Crippen molar-refractivity contribution in [3.63, 3.8) is 0 Å². The van der Waals surface area contributed by atoms with Crippen LogP contribution in [0.15, 0.2) is 54.0 Å². The molecule has 0 aliphatic heterocycles. The summed E-state index contributed by atoms with van der Waals surface area (Å²) in [6.45, 7) is 2.02. The van der Waals surface area contributed by atoms with Gasteiger partial charge in [-0.15, -0.1) is 11.3 Å². The highest BCUT2D eigenvalue weighted by Crippen LogP contribution is 2.31. The van der Waals surface area contributed by atoms with Crippen LogP contribution in [-0.4, -0.2) is 9.38 Å². The van der Waals surface area contributed by atoms with Crippen molar-refractivity contribution in [2.45, 2.75) is 6.92 Å². The molecule has 114 valence electrons. The highest BCUT2D eigenvalue weighted by atomic mass is 35.5. The fourth-order valence-electron chi connectivity index (χ4n) is 2.63. The van der Waals surface area contributed by atoms with Gasteiger partial charge in [0.15, 0.2) is 4.96 Å². The molecule has 0 atom stereocenters. The molecule has 0 spiro atoms. The van der Waals surface area contributed by atoms with E-state index in [2.05, 4.69) is 22.0 Å². The third kappa shape index (κ3) is 2.50. The maximum atomic E-state index is 6.13. The number of hydrogen-bond donors (Lipinski definition) is 1. The SMILES string of the molecule is Cc1cc(-c2csc3nc(-c4cccc(N)c4)cn23)ccc1Cl. The molecule has 4 aromatic rings. The first kappa shape index (κ1) is 14.3. The van der Waals surface area contributed by atoms with E-state index in [4.69, 9.17) is 22.3 Å². The summed E-state index contributed by atoms with van der Waals surface area (Å²) >= 11 is 7.76. The summed E-state index contributed by atoms with van der Waals surface area (Å²) in [5.41, 5.74) is 11.9. The molecule has 0 unspecified atom stereocenters. The molecule has 23 heavy (non-hydrogen) atoms. The van der Waals surface area contributed by atoms with Crippen LogP contribution in [0.2, 0.25) is 5.02 Å². The third-order valence-electron chi connectivity index (χ3n) is 3.85. The summed E-state index contributed by atoms with van der Waals surface area (Å²) in [5, 5.41) is 2.90. The lowest BCUT2D eigenvalue weighted by atomic mass is 10.1.